The third-order valence-corrected chi connectivity index (χ3v) is 8.77. The van der Waals surface area contributed by atoms with Gasteiger partial charge < -0.3 is 36.0 Å². The first-order chi connectivity index (χ1) is 15.3. The van der Waals surface area contributed by atoms with Crippen LogP contribution in [0.3, 0.4) is 0 Å². The number of ether oxygens (including phenoxy) is 2. The summed E-state index contributed by atoms with van der Waals surface area (Å²) in [5.74, 6) is 1.18. The molecule has 1 fully saturated rings. The number of methoxy groups -OCH3 is 2. The van der Waals surface area contributed by atoms with Crippen LogP contribution in [0.25, 0.3) is 0 Å². The molecule has 1 unspecified atom stereocenters. The van der Waals surface area contributed by atoms with Crippen molar-refractivity contribution in [3.63, 3.8) is 0 Å². The van der Waals surface area contributed by atoms with Crippen molar-refractivity contribution in [3.05, 3.63) is 69.4 Å². The molecule has 5 nitrogen and oxygen atoms in total. The van der Waals surface area contributed by atoms with E-state index in [0.29, 0.717) is 17.9 Å². The van der Waals surface area contributed by atoms with Gasteiger partial charge in [0.1, 0.15) is 12.6 Å². The van der Waals surface area contributed by atoms with Crippen LogP contribution in [0.1, 0.15) is 29.5 Å². The molecule has 2 aromatic carbocycles. The van der Waals surface area contributed by atoms with Gasteiger partial charge in [-0.2, -0.15) is 0 Å². The maximum absolute atomic E-state index is 13.1. The average molecular weight is 579 g/mol. The van der Waals surface area contributed by atoms with Gasteiger partial charge in [-0.25, -0.2) is 0 Å². The Kier molecular flexibility index (Phi) is 6.44. The Morgan fingerprint density at radius 2 is 1.94 bits per heavy atom. The molecule has 5 rings (SSSR count). The number of nitrogens with zero attached hydrogens (tertiary/aromatic N) is 1. The zero-order chi connectivity index (χ0) is 22.7. The van der Waals surface area contributed by atoms with E-state index < -0.39 is 5.41 Å². The number of benzene rings is 2. The minimum atomic E-state index is -0.451. The number of fused-ring (bicyclic) bond motifs is 1. The van der Waals surface area contributed by atoms with Gasteiger partial charge >= 0.3 is 0 Å². The normalized spacial score (nSPS) is 29.8. The van der Waals surface area contributed by atoms with Gasteiger partial charge in [-0.3, -0.25) is 4.79 Å². The number of hydrogen-bond acceptors (Lipinski definition) is 4. The number of halogens is 2. The number of likely N-dealkylation sites (N-methyl/N-ethyl adjacent to an activating group) is 1. The molecule has 4 atom stereocenters. The number of likely N-dealkylation sites (tertiary alicyclic amines) is 1. The SMILES string of the molecule is COC1=C[C@H]2[C@H]3Cc4c(Br)cc(OC)c(O)c4[C@@]2(CC[N+]3(C)Cc2ccccc2)CC1=O.[Br-]. The van der Waals surface area contributed by atoms with Crippen molar-refractivity contribution in [2.24, 2.45) is 5.92 Å². The van der Waals surface area contributed by atoms with Crippen LogP contribution in [-0.4, -0.2) is 49.2 Å². The van der Waals surface area contributed by atoms with Crippen LogP contribution in [0.15, 0.2) is 52.7 Å². The number of piperidine rings is 1. The number of phenolic OH excluding ortho intramolecular Hbond substituents is 1. The summed E-state index contributed by atoms with van der Waals surface area (Å²) >= 11 is 3.75. The average Bonchev–Trinajstić information content (AvgIpc) is 2.78. The third kappa shape index (κ3) is 3.63. The first-order valence-electron chi connectivity index (χ1n) is 11.1. The molecule has 7 heteroatoms. The Labute approximate surface area is 213 Å². The Hall–Kier alpha value is -1.83. The second-order valence-corrected chi connectivity index (χ2v) is 10.5. The molecule has 3 aliphatic rings. The number of hydrogen-bond donors (Lipinski definition) is 1. The van der Waals surface area contributed by atoms with E-state index >= 15 is 0 Å². The Bertz CT molecular complexity index is 1120. The summed E-state index contributed by atoms with van der Waals surface area (Å²) in [5.41, 5.74) is 2.85. The number of ketones is 1. The number of allylic oxidation sites excluding steroid dienone is 1. The summed E-state index contributed by atoms with van der Waals surface area (Å²) in [7, 11) is 5.47. The van der Waals surface area contributed by atoms with Crippen molar-refractivity contribution >= 4 is 21.7 Å². The standard InChI is InChI=1S/C26H28BrNO4.BrH/c1-28(15-16-7-5-4-6-8-16)10-9-26-14-21(29)22(31-2)12-18(26)20(28)11-17-19(27)13-23(32-3)25(30)24(17)26;/h4-8,12-13,18,20H,9-11,14-15H2,1-3H3;1H/t18-,20+,26-,28?;/m0./s1. The largest absolute Gasteiger partial charge is 1.00 e. The van der Waals surface area contributed by atoms with Gasteiger partial charge in [-0.1, -0.05) is 46.3 Å². The summed E-state index contributed by atoms with van der Waals surface area (Å²) in [4.78, 5) is 13.1. The highest BCUT2D eigenvalue weighted by molar-refractivity contribution is 9.10. The van der Waals surface area contributed by atoms with E-state index in [1.165, 1.54) is 5.56 Å². The van der Waals surface area contributed by atoms with Crippen LogP contribution in [0.5, 0.6) is 11.5 Å². The van der Waals surface area contributed by atoms with E-state index in [0.717, 1.165) is 46.0 Å². The number of aromatic hydroxyl groups is 1. The van der Waals surface area contributed by atoms with Crippen molar-refractivity contribution in [1.82, 2.24) is 0 Å². The highest BCUT2D eigenvalue weighted by Gasteiger charge is 2.62. The highest BCUT2D eigenvalue weighted by atomic mass is 79.9. The van der Waals surface area contributed by atoms with Gasteiger partial charge in [0, 0.05) is 46.2 Å². The van der Waals surface area contributed by atoms with Gasteiger partial charge in [0.05, 0.1) is 27.8 Å². The van der Waals surface area contributed by atoms with Crippen molar-refractivity contribution in [3.8, 4) is 11.5 Å². The predicted octanol–water partition coefficient (Wildman–Crippen LogP) is 1.50. The second kappa shape index (κ2) is 8.75. The van der Waals surface area contributed by atoms with Crippen LogP contribution < -0.4 is 21.7 Å². The quantitative estimate of drug-likeness (QED) is 0.559. The highest BCUT2D eigenvalue weighted by Crippen LogP contribution is 2.60. The maximum atomic E-state index is 13.1. The number of carbonyl (C=O) groups excluding carboxylic acids is 1. The monoisotopic (exact) mass is 577 g/mol. The summed E-state index contributed by atoms with van der Waals surface area (Å²) in [6.45, 7) is 1.87. The van der Waals surface area contributed by atoms with Crippen LogP contribution in [0.4, 0.5) is 0 Å². The maximum Gasteiger partial charge on any atom is 0.197 e. The molecule has 1 heterocycles. The Morgan fingerprint density at radius 1 is 1.21 bits per heavy atom. The van der Waals surface area contributed by atoms with Gasteiger partial charge in [-0.15, -0.1) is 0 Å². The molecule has 2 aromatic rings. The van der Waals surface area contributed by atoms with Crippen molar-refractivity contribution in [2.45, 2.75) is 37.3 Å². The molecule has 1 aliphatic heterocycles. The summed E-state index contributed by atoms with van der Waals surface area (Å²) < 4.78 is 12.8. The lowest BCUT2D eigenvalue weighted by Gasteiger charge is -2.60. The predicted molar refractivity (Wildman–Crippen MR) is 126 cm³/mol. The summed E-state index contributed by atoms with van der Waals surface area (Å²) in [5, 5.41) is 11.3. The second-order valence-electron chi connectivity index (χ2n) is 9.65. The molecule has 0 saturated carbocycles. The molecule has 0 amide bonds. The lowest BCUT2D eigenvalue weighted by Crippen LogP contribution is -3.00. The Morgan fingerprint density at radius 3 is 2.61 bits per heavy atom. The molecular weight excluding hydrogens is 550 g/mol. The van der Waals surface area contributed by atoms with Gasteiger partial charge in [0.25, 0.3) is 0 Å². The molecule has 33 heavy (non-hydrogen) atoms. The molecule has 0 aromatic heterocycles. The number of carbonyl (C=O) groups is 1. The molecule has 0 radical (unpaired) electrons. The summed E-state index contributed by atoms with van der Waals surface area (Å²) in [6.07, 6.45) is 4.02. The molecule has 1 saturated heterocycles. The van der Waals surface area contributed by atoms with Gasteiger partial charge in [0.2, 0.25) is 0 Å². The van der Waals surface area contributed by atoms with Gasteiger partial charge in [0.15, 0.2) is 23.0 Å². The number of quaternary nitrogens is 1. The van der Waals surface area contributed by atoms with Crippen LogP contribution >= 0.6 is 15.9 Å². The van der Waals surface area contributed by atoms with E-state index in [-0.39, 0.29) is 40.5 Å². The zero-order valence-corrected chi connectivity index (χ0v) is 22.3. The number of rotatable bonds is 4. The number of phenols is 1. The van der Waals surface area contributed by atoms with Crippen molar-refractivity contribution in [1.29, 1.82) is 0 Å². The lowest BCUT2D eigenvalue weighted by molar-refractivity contribution is -0.956. The third-order valence-electron chi connectivity index (χ3n) is 8.06. The van der Waals surface area contributed by atoms with E-state index in [1.807, 2.05) is 12.1 Å². The van der Waals surface area contributed by atoms with Crippen LogP contribution in [0, 0.1) is 5.92 Å². The van der Waals surface area contributed by atoms with E-state index in [4.69, 9.17) is 9.47 Å². The topological polar surface area (TPSA) is 55.8 Å². The minimum absolute atomic E-state index is 0. The molecule has 1 N–H and O–H groups in total. The van der Waals surface area contributed by atoms with Gasteiger partial charge in [-0.05, 0) is 17.7 Å². The van der Waals surface area contributed by atoms with Crippen LogP contribution in [-0.2, 0) is 27.9 Å². The molecular formula is C26H29Br2NO4. The Balaban J connectivity index is 0.00000259. The molecule has 2 bridgehead atoms. The fourth-order valence-corrected chi connectivity index (χ4v) is 7.08. The molecule has 2 aliphatic carbocycles. The lowest BCUT2D eigenvalue weighted by atomic mass is 9.53. The van der Waals surface area contributed by atoms with E-state index in [1.54, 1.807) is 14.2 Å². The first kappa shape index (κ1) is 24.3. The van der Waals surface area contributed by atoms with E-state index in [9.17, 15) is 9.90 Å². The van der Waals surface area contributed by atoms with E-state index in [2.05, 4.69) is 53.3 Å². The fourth-order valence-electron chi connectivity index (χ4n) is 6.51. The van der Waals surface area contributed by atoms with Crippen molar-refractivity contribution in [2.75, 3.05) is 27.8 Å². The summed E-state index contributed by atoms with van der Waals surface area (Å²) in [6, 6.07) is 12.7. The van der Waals surface area contributed by atoms with Crippen molar-refractivity contribution < 1.29 is 40.8 Å². The zero-order valence-electron chi connectivity index (χ0n) is 19.1. The van der Waals surface area contributed by atoms with Crippen LogP contribution in [0.2, 0.25) is 0 Å². The molecule has 0 spiro atoms. The minimum Gasteiger partial charge on any atom is -1.00 e. The molecule has 176 valence electrons. The first-order valence-corrected chi connectivity index (χ1v) is 11.9. The smallest absolute Gasteiger partial charge is 0.197 e. The number of Topliss-reactive ketones (excluding diaryl/α,β-unsaturated/α-hetero) is 1. The fraction of sp³-hybridized carbons (Fsp3) is 0.423.